The van der Waals surface area contributed by atoms with Gasteiger partial charge in [0.25, 0.3) is 11.7 Å². The number of nitrogens with zero attached hydrogens (tertiary/aromatic N) is 2. The molecule has 2 saturated heterocycles. The highest BCUT2D eigenvalue weighted by atomic mass is 16.5. The number of likely N-dealkylation sites (tertiary alicyclic amines) is 1. The van der Waals surface area contributed by atoms with Gasteiger partial charge in [-0.3, -0.25) is 14.5 Å². The zero-order chi connectivity index (χ0) is 25.1. The van der Waals surface area contributed by atoms with Crippen LogP contribution in [0.3, 0.4) is 0 Å². The second kappa shape index (κ2) is 10.4. The van der Waals surface area contributed by atoms with Crippen molar-refractivity contribution in [2.24, 2.45) is 0 Å². The van der Waals surface area contributed by atoms with Gasteiger partial charge in [0.05, 0.1) is 39.0 Å². The quantitative estimate of drug-likeness (QED) is 0.352. The second-order valence-corrected chi connectivity index (χ2v) is 8.56. The number of phenolic OH excluding ortho intramolecular Hbond substituents is 1. The average molecular weight is 483 g/mol. The lowest BCUT2D eigenvalue weighted by molar-refractivity contribution is -0.140. The van der Waals surface area contributed by atoms with Gasteiger partial charge in [0.1, 0.15) is 11.5 Å². The van der Waals surface area contributed by atoms with Crippen molar-refractivity contribution in [2.75, 3.05) is 53.6 Å². The van der Waals surface area contributed by atoms with Crippen molar-refractivity contribution in [3.8, 4) is 17.2 Å². The molecule has 0 spiro atoms. The zero-order valence-corrected chi connectivity index (χ0v) is 20.1. The monoisotopic (exact) mass is 482 g/mol. The van der Waals surface area contributed by atoms with Crippen molar-refractivity contribution in [1.29, 1.82) is 0 Å². The Hall–Kier alpha value is -3.56. The first kappa shape index (κ1) is 24.6. The standard InChI is InChI=1S/C26H30N2O7/c1-16-14-18(33-2)5-6-19(16)24(30)22-23(17-4-7-20(29)21(15-17)34-3)28(26(32)25(22)31)9-8-27-10-12-35-13-11-27/h4-7,14-15,23,29-30H,8-13H2,1-3H3/b24-22+/t23-/m0/s1. The fourth-order valence-corrected chi connectivity index (χ4v) is 4.57. The molecule has 2 aromatic carbocycles. The van der Waals surface area contributed by atoms with E-state index in [-0.39, 0.29) is 29.4 Å². The number of ketones is 1. The number of Topliss-reactive ketones (excluding diaryl/α,β-unsaturated/α-hetero) is 1. The van der Waals surface area contributed by atoms with Crippen LogP contribution in [-0.4, -0.2) is 85.3 Å². The number of aliphatic hydroxyl groups is 1. The van der Waals surface area contributed by atoms with Gasteiger partial charge in [-0.15, -0.1) is 0 Å². The molecule has 186 valence electrons. The van der Waals surface area contributed by atoms with E-state index in [2.05, 4.69) is 4.90 Å². The van der Waals surface area contributed by atoms with Crippen LogP contribution in [0.5, 0.6) is 17.2 Å². The number of hydrogen-bond donors (Lipinski definition) is 2. The van der Waals surface area contributed by atoms with Gasteiger partial charge in [0, 0.05) is 31.7 Å². The van der Waals surface area contributed by atoms with E-state index in [1.807, 2.05) is 0 Å². The van der Waals surface area contributed by atoms with E-state index in [9.17, 15) is 19.8 Å². The van der Waals surface area contributed by atoms with Crippen LogP contribution in [0.4, 0.5) is 0 Å². The van der Waals surface area contributed by atoms with Gasteiger partial charge in [-0.2, -0.15) is 0 Å². The van der Waals surface area contributed by atoms with Gasteiger partial charge in [-0.25, -0.2) is 0 Å². The Balaban J connectivity index is 1.79. The number of methoxy groups -OCH3 is 2. The van der Waals surface area contributed by atoms with Gasteiger partial charge in [0.2, 0.25) is 0 Å². The van der Waals surface area contributed by atoms with Crippen LogP contribution < -0.4 is 9.47 Å². The van der Waals surface area contributed by atoms with E-state index in [1.165, 1.54) is 18.1 Å². The van der Waals surface area contributed by atoms with Crippen molar-refractivity contribution in [3.63, 3.8) is 0 Å². The van der Waals surface area contributed by atoms with E-state index in [4.69, 9.17) is 14.2 Å². The Morgan fingerprint density at radius 1 is 1.06 bits per heavy atom. The first-order valence-electron chi connectivity index (χ1n) is 11.5. The molecule has 0 radical (unpaired) electrons. The number of rotatable bonds is 7. The molecule has 0 saturated carbocycles. The molecule has 4 rings (SSSR count). The molecule has 2 aliphatic rings. The molecule has 2 N–H and O–H groups in total. The molecule has 0 aliphatic carbocycles. The summed E-state index contributed by atoms with van der Waals surface area (Å²) >= 11 is 0. The molecule has 2 fully saturated rings. The number of ether oxygens (including phenoxy) is 3. The fourth-order valence-electron chi connectivity index (χ4n) is 4.57. The molecule has 2 aromatic rings. The Bertz CT molecular complexity index is 1150. The number of hydrogen-bond acceptors (Lipinski definition) is 8. The molecule has 0 aromatic heterocycles. The maximum atomic E-state index is 13.3. The highest BCUT2D eigenvalue weighted by molar-refractivity contribution is 6.46. The summed E-state index contributed by atoms with van der Waals surface area (Å²) < 4.78 is 15.9. The molecular weight excluding hydrogens is 452 g/mol. The fraction of sp³-hybridized carbons (Fsp3) is 0.385. The molecule has 2 heterocycles. The van der Waals surface area contributed by atoms with Crippen LogP contribution in [0.25, 0.3) is 5.76 Å². The largest absolute Gasteiger partial charge is 0.507 e. The van der Waals surface area contributed by atoms with Crippen LogP contribution in [0.1, 0.15) is 22.7 Å². The van der Waals surface area contributed by atoms with E-state index in [1.54, 1.807) is 44.4 Å². The summed E-state index contributed by atoms with van der Waals surface area (Å²) in [6.07, 6.45) is 0. The third-order valence-corrected chi connectivity index (χ3v) is 6.51. The number of benzene rings is 2. The average Bonchev–Trinajstić information content (AvgIpc) is 3.12. The summed E-state index contributed by atoms with van der Waals surface area (Å²) in [6, 6.07) is 8.93. The SMILES string of the molecule is COc1ccc(/C(O)=C2\C(=O)C(=O)N(CCN3CCOCC3)[C@H]2c2ccc(O)c(OC)c2)c(C)c1. The summed E-state index contributed by atoms with van der Waals surface area (Å²) in [5.41, 5.74) is 1.68. The number of carbonyl (C=O) groups is 2. The highest BCUT2D eigenvalue weighted by Crippen LogP contribution is 2.42. The summed E-state index contributed by atoms with van der Waals surface area (Å²) in [5.74, 6) is -0.923. The lowest BCUT2D eigenvalue weighted by Crippen LogP contribution is -2.42. The first-order valence-corrected chi connectivity index (χ1v) is 11.5. The summed E-state index contributed by atoms with van der Waals surface area (Å²) in [5, 5.41) is 21.4. The van der Waals surface area contributed by atoms with Gasteiger partial charge < -0.3 is 29.3 Å². The van der Waals surface area contributed by atoms with E-state index in [0.29, 0.717) is 42.2 Å². The number of carbonyl (C=O) groups excluding carboxylic acids is 2. The third-order valence-electron chi connectivity index (χ3n) is 6.51. The Labute approximate surface area is 204 Å². The molecule has 9 nitrogen and oxygen atoms in total. The lowest BCUT2D eigenvalue weighted by Gasteiger charge is -2.31. The van der Waals surface area contributed by atoms with E-state index in [0.717, 1.165) is 13.1 Å². The Kier molecular flexibility index (Phi) is 7.28. The second-order valence-electron chi connectivity index (χ2n) is 8.56. The molecular formula is C26H30N2O7. The minimum absolute atomic E-state index is 0.00186. The van der Waals surface area contributed by atoms with E-state index < -0.39 is 17.7 Å². The molecule has 0 bridgehead atoms. The maximum absolute atomic E-state index is 13.3. The summed E-state index contributed by atoms with van der Waals surface area (Å²) in [7, 11) is 2.97. The van der Waals surface area contributed by atoms with Gasteiger partial charge in [0.15, 0.2) is 11.5 Å². The summed E-state index contributed by atoms with van der Waals surface area (Å²) in [4.78, 5) is 30.1. The predicted octanol–water partition coefficient (Wildman–Crippen LogP) is 2.47. The van der Waals surface area contributed by atoms with Crippen LogP contribution in [0.15, 0.2) is 42.0 Å². The van der Waals surface area contributed by atoms with Crippen molar-refractivity contribution in [3.05, 3.63) is 58.7 Å². The predicted molar refractivity (Wildman–Crippen MR) is 129 cm³/mol. The van der Waals surface area contributed by atoms with Crippen molar-refractivity contribution < 1.29 is 34.0 Å². The minimum atomic E-state index is -0.841. The molecule has 1 atom stereocenters. The highest BCUT2D eigenvalue weighted by Gasteiger charge is 2.46. The number of amides is 1. The van der Waals surface area contributed by atoms with Gasteiger partial charge in [-0.1, -0.05) is 6.07 Å². The maximum Gasteiger partial charge on any atom is 0.295 e. The third kappa shape index (κ3) is 4.82. The normalized spacial score (nSPS) is 20.3. The minimum Gasteiger partial charge on any atom is -0.507 e. The molecule has 35 heavy (non-hydrogen) atoms. The number of phenols is 1. The topological polar surface area (TPSA) is 109 Å². The number of aromatic hydroxyl groups is 1. The molecule has 2 aliphatic heterocycles. The summed E-state index contributed by atoms with van der Waals surface area (Å²) in [6.45, 7) is 5.37. The van der Waals surface area contributed by atoms with Gasteiger partial charge >= 0.3 is 0 Å². The number of morpholine rings is 1. The van der Waals surface area contributed by atoms with Crippen LogP contribution in [0, 0.1) is 6.92 Å². The van der Waals surface area contributed by atoms with Crippen LogP contribution in [-0.2, 0) is 14.3 Å². The van der Waals surface area contributed by atoms with E-state index >= 15 is 0 Å². The van der Waals surface area contributed by atoms with Crippen molar-refractivity contribution in [2.45, 2.75) is 13.0 Å². The van der Waals surface area contributed by atoms with Crippen molar-refractivity contribution in [1.82, 2.24) is 9.80 Å². The Morgan fingerprint density at radius 3 is 2.46 bits per heavy atom. The van der Waals surface area contributed by atoms with Gasteiger partial charge in [-0.05, 0) is 48.4 Å². The molecule has 9 heteroatoms. The molecule has 1 amide bonds. The first-order chi connectivity index (χ1) is 16.8. The van der Waals surface area contributed by atoms with Crippen molar-refractivity contribution >= 4 is 17.4 Å². The van der Waals surface area contributed by atoms with Crippen LogP contribution >= 0.6 is 0 Å². The lowest BCUT2D eigenvalue weighted by atomic mass is 9.93. The Morgan fingerprint density at radius 2 is 1.80 bits per heavy atom. The number of aliphatic hydroxyl groups excluding tert-OH is 1. The number of aryl methyl sites for hydroxylation is 1. The van der Waals surface area contributed by atoms with Crippen LogP contribution in [0.2, 0.25) is 0 Å². The zero-order valence-electron chi connectivity index (χ0n) is 20.1. The molecule has 0 unspecified atom stereocenters. The smallest absolute Gasteiger partial charge is 0.295 e.